The second kappa shape index (κ2) is 6.41. The number of carboxylic acid groups (broad SMARTS) is 1. The van der Waals surface area contributed by atoms with Crippen molar-refractivity contribution in [1.82, 2.24) is 0 Å². The lowest BCUT2D eigenvalue weighted by Gasteiger charge is -2.11. The number of ether oxygens (including phenoxy) is 1. The molecule has 0 bridgehead atoms. The molecule has 118 valence electrons. The maximum Gasteiger partial charge on any atom is 0.335 e. The molecule has 8 nitrogen and oxygen atoms in total. The largest absolute Gasteiger partial charge is 0.491 e. The van der Waals surface area contributed by atoms with Crippen LogP contribution < -0.4 is 9.88 Å². The van der Waals surface area contributed by atoms with Crippen molar-refractivity contribution in [2.75, 3.05) is 18.1 Å². The first kappa shape index (κ1) is 17.4. The molecule has 0 radical (unpaired) electrons. The molecule has 3 N–H and O–H groups in total. The lowest BCUT2D eigenvalue weighted by atomic mass is 10.2. The number of hydrogen-bond acceptors (Lipinski definition) is 6. The van der Waals surface area contributed by atoms with Gasteiger partial charge in [-0.15, -0.1) is 0 Å². The van der Waals surface area contributed by atoms with Crippen LogP contribution in [0.1, 0.15) is 17.3 Å². The number of benzene rings is 1. The smallest absolute Gasteiger partial charge is 0.335 e. The van der Waals surface area contributed by atoms with Crippen LogP contribution in [0.3, 0.4) is 0 Å². The van der Waals surface area contributed by atoms with Crippen LogP contribution in [0.25, 0.3) is 0 Å². The fraction of sp³-hybridized carbons (Fsp3) is 0.364. The van der Waals surface area contributed by atoms with Crippen molar-refractivity contribution >= 4 is 25.8 Å². The zero-order chi connectivity index (χ0) is 16.3. The van der Waals surface area contributed by atoms with E-state index in [2.05, 4.69) is 0 Å². The predicted octanol–water partition coefficient (Wildman–Crippen LogP) is -0.154. The summed E-state index contributed by atoms with van der Waals surface area (Å²) in [4.78, 5) is 10.3. The minimum absolute atomic E-state index is 0.0592. The molecule has 1 aromatic rings. The minimum Gasteiger partial charge on any atom is -0.491 e. The van der Waals surface area contributed by atoms with E-state index in [0.29, 0.717) is 0 Å². The zero-order valence-electron chi connectivity index (χ0n) is 11.1. The third-order valence-electron chi connectivity index (χ3n) is 2.59. The van der Waals surface area contributed by atoms with Gasteiger partial charge in [0.05, 0.1) is 11.3 Å². The average molecular weight is 337 g/mol. The van der Waals surface area contributed by atoms with E-state index in [1.807, 2.05) is 0 Å². The number of rotatable bonds is 7. The summed E-state index contributed by atoms with van der Waals surface area (Å²) in [5.41, 5.74) is -0.271. The van der Waals surface area contributed by atoms with Gasteiger partial charge in [-0.05, 0) is 18.2 Å². The van der Waals surface area contributed by atoms with Crippen molar-refractivity contribution in [1.29, 1.82) is 0 Å². The van der Waals surface area contributed by atoms with E-state index in [9.17, 15) is 21.6 Å². The maximum atomic E-state index is 11.4. The van der Waals surface area contributed by atoms with E-state index >= 15 is 0 Å². The topological polar surface area (TPSA) is 141 Å². The molecule has 0 saturated carbocycles. The van der Waals surface area contributed by atoms with Crippen LogP contribution in [0.15, 0.2) is 23.1 Å². The van der Waals surface area contributed by atoms with E-state index in [4.69, 9.17) is 15.0 Å². The Morgan fingerprint density at radius 1 is 1.29 bits per heavy atom. The quantitative estimate of drug-likeness (QED) is 0.704. The highest BCUT2D eigenvalue weighted by molar-refractivity contribution is 7.91. The van der Waals surface area contributed by atoms with Crippen molar-refractivity contribution in [3.8, 4) is 5.75 Å². The van der Waals surface area contributed by atoms with Gasteiger partial charge in [0.15, 0.2) is 9.84 Å². The van der Waals surface area contributed by atoms with Gasteiger partial charge in [-0.25, -0.2) is 26.8 Å². The van der Waals surface area contributed by atoms with Gasteiger partial charge < -0.3 is 9.84 Å². The molecule has 1 rings (SSSR count). The molecule has 0 saturated heterocycles. The SMILES string of the molecule is CCS(=O)(=O)CCOc1ccc(C(=O)O)cc1S(N)(=O)=O. The van der Waals surface area contributed by atoms with Crippen LogP contribution >= 0.6 is 0 Å². The summed E-state index contributed by atoms with van der Waals surface area (Å²) in [6.45, 7) is 1.22. The first-order chi connectivity index (χ1) is 9.57. The van der Waals surface area contributed by atoms with E-state index < -0.39 is 30.7 Å². The number of sulfonamides is 1. The Morgan fingerprint density at radius 2 is 1.90 bits per heavy atom. The molecule has 0 heterocycles. The Morgan fingerprint density at radius 3 is 2.38 bits per heavy atom. The summed E-state index contributed by atoms with van der Waals surface area (Å²) < 4.78 is 50.6. The number of aromatic carboxylic acids is 1. The summed E-state index contributed by atoms with van der Waals surface area (Å²) in [7, 11) is -7.46. The fourth-order valence-electron chi connectivity index (χ4n) is 1.41. The number of carbonyl (C=O) groups is 1. The molecule has 0 atom stereocenters. The highest BCUT2D eigenvalue weighted by Crippen LogP contribution is 2.24. The highest BCUT2D eigenvalue weighted by atomic mass is 32.2. The van der Waals surface area contributed by atoms with Gasteiger partial charge in [-0.3, -0.25) is 0 Å². The lowest BCUT2D eigenvalue weighted by Crippen LogP contribution is -2.18. The van der Waals surface area contributed by atoms with Crippen LogP contribution in [-0.4, -0.2) is 46.0 Å². The van der Waals surface area contributed by atoms with Crippen molar-refractivity contribution in [3.63, 3.8) is 0 Å². The van der Waals surface area contributed by atoms with Gasteiger partial charge >= 0.3 is 5.97 Å². The number of primary sulfonamides is 1. The molecule has 21 heavy (non-hydrogen) atoms. The Balaban J connectivity index is 3.05. The summed E-state index contributed by atoms with van der Waals surface area (Å²) in [5.74, 6) is -1.85. The molecule has 0 aliphatic heterocycles. The predicted molar refractivity (Wildman–Crippen MR) is 74.6 cm³/mol. The third kappa shape index (κ3) is 4.99. The number of nitrogens with two attached hydrogens (primary N) is 1. The third-order valence-corrected chi connectivity index (χ3v) is 5.19. The molecule has 0 unspecified atom stereocenters. The second-order valence-corrected chi connectivity index (χ2v) is 8.10. The summed E-state index contributed by atoms with van der Waals surface area (Å²) in [6.07, 6.45) is 0. The van der Waals surface area contributed by atoms with Gasteiger partial charge in [-0.2, -0.15) is 0 Å². The fourth-order valence-corrected chi connectivity index (χ4v) is 2.73. The first-order valence-electron chi connectivity index (χ1n) is 5.80. The molecule has 0 amide bonds. The number of carboxylic acids is 1. The summed E-state index contributed by atoms with van der Waals surface area (Å²) in [6, 6.07) is 3.13. The van der Waals surface area contributed by atoms with E-state index in [0.717, 1.165) is 18.2 Å². The summed E-state index contributed by atoms with van der Waals surface area (Å²) >= 11 is 0. The highest BCUT2D eigenvalue weighted by Gasteiger charge is 2.19. The molecule has 10 heteroatoms. The molecule has 0 spiro atoms. The van der Waals surface area contributed by atoms with Crippen molar-refractivity contribution < 1.29 is 31.5 Å². The van der Waals surface area contributed by atoms with Gasteiger partial charge in [0.25, 0.3) is 0 Å². The minimum atomic E-state index is -4.20. The molecule has 0 aliphatic carbocycles. The van der Waals surface area contributed by atoms with Gasteiger partial charge in [0.1, 0.15) is 17.3 Å². The Hall–Kier alpha value is -1.65. The van der Waals surface area contributed by atoms with Gasteiger partial charge in [0, 0.05) is 5.75 Å². The monoisotopic (exact) mass is 337 g/mol. The first-order valence-corrected chi connectivity index (χ1v) is 9.17. The normalized spacial score (nSPS) is 12.1. The second-order valence-electron chi connectivity index (χ2n) is 4.10. The maximum absolute atomic E-state index is 11.4. The molecular formula is C11H15NO7S2. The average Bonchev–Trinajstić information content (AvgIpc) is 2.37. The van der Waals surface area contributed by atoms with Gasteiger partial charge in [0.2, 0.25) is 10.0 Å². The van der Waals surface area contributed by atoms with Crippen molar-refractivity contribution in [2.45, 2.75) is 11.8 Å². The van der Waals surface area contributed by atoms with Crippen LogP contribution in [-0.2, 0) is 19.9 Å². The Kier molecular flexibility index (Phi) is 5.31. The Bertz CT molecular complexity index is 738. The molecular weight excluding hydrogens is 322 g/mol. The van der Waals surface area contributed by atoms with E-state index in [1.54, 1.807) is 0 Å². The number of hydrogen-bond donors (Lipinski definition) is 2. The standard InChI is InChI=1S/C11H15NO7S2/c1-2-20(15,16)6-5-19-9-4-3-8(11(13)14)7-10(9)21(12,17)18/h3-4,7H,2,5-6H2,1H3,(H,13,14)(H2,12,17,18). The van der Waals surface area contributed by atoms with Crippen LogP contribution in [0.4, 0.5) is 0 Å². The van der Waals surface area contributed by atoms with E-state index in [-0.39, 0.29) is 29.4 Å². The van der Waals surface area contributed by atoms with Crippen molar-refractivity contribution in [3.05, 3.63) is 23.8 Å². The van der Waals surface area contributed by atoms with Crippen LogP contribution in [0.2, 0.25) is 0 Å². The van der Waals surface area contributed by atoms with Crippen LogP contribution in [0.5, 0.6) is 5.75 Å². The van der Waals surface area contributed by atoms with Crippen molar-refractivity contribution in [2.24, 2.45) is 5.14 Å². The Labute approximate surface area is 122 Å². The number of sulfone groups is 1. The molecule has 0 fully saturated rings. The molecule has 1 aromatic carbocycles. The zero-order valence-corrected chi connectivity index (χ0v) is 12.8. The summed E-state index contributed by atoms with van der Waals surface area (Å²) in [5, 5.41) is 13.8. The lowest BCUT2D eigenvalue weighted by molar-refractivity contribution is 0.0696. The molecule has 0 aliphatic rings. The van der Waals surface area contributed by atoms with E-state index in [1.165, 1.54) is 6.92 Å². The molecule has 0 aromatic heterocycles. The van der Waals surface area contributed by atoms with Gasteiger partial charge in [-0.1, -0.05) is 6.92 Å². The van der Waals surface area contributed by atoms with Crippen LogP contribution in [0, 0.1) is 0 Å².